The van der Waals surface area contributed by atoms with Gasteiger partial charge in [0, 0.05) is 19.2 Å². The van der Waals surface area contributed by atoms with Crippen LogP contribution in [0, 0.1) is 6.92 Å². The van der Waals surface area contributed by atoms with Gasteiger partial charge in [0.2, 0.25) is 11.7 Å². The molecule has 0 bridgehead atoms. The Morgan fingerprint density at radius 1 is 1.44 bits per heavy atom. The van der Waals surface area contributed by atoms with Crippen molar-refractivity contribution >= 4 is 0 Å². The van der Waals surface area contributed by atoms with Crippen molar-refractivity contribution in [1.29, 1.82) is 0 Å². The summed E-state index contributed by atoms with van der Waals surface area (Å²) >= 11 is 0. The SMILES string of the molecule is Cc1cccnc1-c1noc(CCCO)n1. The van der Waals surface area contributed by atoms with Crippen LogP contribution in [0.5, 0.6) is 0 Å². The molecule has 0 radical (unpaired) electrons. The van der Waals surface area contributed by atoms with Crippen LogP contribution < -0.4 is 0 Å². The summed E-state index contributed by atoms with van der Waals surface area (Å²) in [5, 5.41) is 12.6. The van der Waals surface area contributed by atoms with E-state index in [1.54, 1.807) is 6.20 Å². The average Bonchev–Trinajstić information content (AvgIpc) is 2.75. The molecule has 1 N–H and O–H groups in total. The van der Waals surface area contributed by atoms with Crippen molar-refractivity contribution in [3.8, 4) is 11.5 Å². The van der Waals surface area contributed by atoms with Gasteiger partial charge in [-0.25, -0.2) is 0 Å². The molecule has 5 heteroatoms. The molecular weight excluding hydrogens is 206 g/mol. The van der Waals surface area contributed by atoms with E-state index < -0.39 is 0 Å². The van der Waals surface area contributed by atoms with Gasteiger partial charge in [-0.05, 0) is 25.0 Å². The molecule has 0 unspecified atom stereocenters. The maximum atomic E-state index is 8.69. The number of hydrogen-bond donors (Lipinski definition) is 1. The summed E-state index contributed by atoms with van der Waals surface area (Å²) in [6.07, 6.45) is 2.92. The predicted molar refractivity (Wildman–Crippen MR) is 57.7 cm³/mol. The normalized spacial score (nSPS) is 10.6. The van der Waals surface area contributed by atoms with Gasteiger partial charge in [0.15, 0.2) is 0 Å². The van der Waals surface area contributed by atoms with Gasteiger partial charge in [-0.15, -0.1) is 0 Å². The van der Waals surface area contributed by atoms with Crippen LogP contribution >= 0.6 is 0 Å². The summed E-state index contributed by atoms with van der Waals surface area (Å²) in [5.74, 6) is 1.04. The highest BCUT2D eigenvalue weighted by Gasteiger charge is 2.11. The van der Waals surface area contributed by atoms with E-state index in [0.29, 0.717) is 24.6 Å². The minimum Gasteiger partial charge on any atom is -0.396 e. The van der Waals surface area contributed by atoms with E-state index in [-0.39, 0.29) is 6.61 Å². The molecule has 0 saturated heterocycles. The second-order valence-corrected chi connectivity index (χ2v) is 3.51. The van der Waals surface area contributed by atoms with Crippen LogP contribution in [0.25, 0.3) is 11.5 Å². The molecule has 0 atom stereocenters. The van der Waals surface area contributed by atoms with E-state index in [1.165, 1.54) is 0 Å². The van der Waals surface area contributed by atoms with E-state index >= 15 is 0 Å². The Hall–Kier alpha value is -1.75. The van der Waals surface area contributed by atoms with E-state index in [1.807, 2.05) is 19.1 Å². The molecule has 0 spiro atoms. The first-order valence-electron chi connectivity index (χ1n) is 5.16. The minimum absolute atomic E-state index is 0.125. The second-order valence-electron chi connectivity index (χ2n) is 3.51. The van der Waals surface area contributed by atoms with Crippen LogP contribution in [-0.4, -0.2) is 26.8 Å². The third-order valence-electron chi connectivity index (χ3n) is 2.24. The number of hydrogen-bond acceptors (Lipinski definition) is 5. The van der Waals surface area contributed by atoms with E-state index in [9.17, 15) is 0 Å². The standard InChI is InChI=1S/C11H13N3O2/c1-8-4-2-6-12-10(8)11-13-9(16-14-11)5-3-7-15/h2,4,6,15H,3,5,7H2,1H3. The number of aliphatic hydroxyl groups excluding tert-OH is 1. The first-order chi connectivity index (χ1) is 7.81. The smallest absolute Gasteiger partial charge is 0.227 e. The van der Waals surface area contributed by atoms with Gasteiger partial charge in [0.1, 0.15) is 5.69 Å². The minimum atomic E-state index is 0.125. The van der Waals surface area contributed by atoms with Crippen molar-refractivity contribution in [2.24, 2.45) is 0 Å². The highest BCUT2D eigenvalue weighted by atomic mass is 16.5. The van der Waals surface area contributed by atoms with E-state index in [0.717, 1.165) is 11.3 Å². The molecule has 5 nitrogen and oxygen atoms in total. The van der Waals surface area contributed by atoms with Crippen molar-refractivity contribution in [3.05, 3.63) is 29.8 Å². The lowest BCUT2D eigenvalue weighted by molar-refractivity contribution is 0.278. The lowest BCUT2D eigenvalue weighted by Crippen LogP contribution is -1.91. The molecule has 0 amide bonds. The van der Waals surface area contributed by atoms with Gasteiger partial charge in [-0.1, -0.05) is 11.2 Å². The number of nitrogens with zero attached hydrogens (tertiary/aromatic N) is 3. The second kappa shape index (κ2) is 4.85. The Morgan fingerprint density at radius 2 is 2.31 bits per heavy atom. The zero-order valence-corrected chi connectivity index (χ0v) is 9.05. The molecule has 84 valence electrons. The van der Waals surface area contributed by atoms with Crippen LogP contribution in [0.15, 0.2) is 22.9 Å². The van der Waals surface area contributed by atoms with Crippen molar-refractivity contribution in [2.75, 3.05) is 6.61 Å². The molecular formula is C11H13N3O2. The number of aliphatic hydroxyl groups is 1. The van der Waals surface area contributed by atoms with Gasteiger partial charge in [0.05, 0.1) is 0 Å². The van der Waals surface area contributed by atoms with Gasteiger partial charge < -0.3 is 9.63 Å². The van der Waals surface area contributed by atoms with E-state index in [2.05, 4.69) is 15.1 Å². The van der Waals surface area contributed by atoms with Gasteiger partial charge in [-0.2, -0.15) is 4.98 Å². The third-order valence-corrected chi connectivity index (χ3v) is 2.24. The Morgan fingerprint density at radius 3 is 3.06 bits per heavy atom. The first-order valence-corrected chi connectivity index (χ1v) is 5.16. The maximum absolute atomic E-state index is 8.69. The fourth-order valence-corrected chi connectivity index (χ4v) is 1.40. The molecule has 0 aliphatic carbocycles. The Kier molecular flexibility index (Phi) is 3.26. The van der Waals surface area contributed by atoms with Crippen molar-refractivity contribution in [3.63, 3.8) is 0 Å². The largest absolute Gasteiger partial charge is 0.396 e. The molecule has 2 heterocycles. The third kappa shape index (κ3) is 2.25. The van der Waals surface area contributed by atoms with Crippen LogP contribution in [-0.2, 0) is 6.42 Å². The average molecular weight is 219 g/mol. The van der Waals surface area contributed by atoms with Crippen molar-refractivity contribution < 1.29 is 9.63 Å². The first kappa shape index (κ1) is 10.8. The summed E-state index contributed by atoms with van der Waals surface area (Å²) in [4.78, 5) is 8.44. The fourth-order valence-electron chi connectivity index (χ4n) is 1.40. The van der Waals surface area contributed by atoms with Crippen LogP contribution in [0.2, 0.25) is 0 Å². The lowest BCUT2D eigenvalue weighted by Gasteiger charge is -1.96. The summed E-state index contributed by atoms with van der Waals surface area (Å²) in [5.41, 5.74) is 1.75. The van der Waals surface area contributed by atoms with Crippen molar-refractivity contribution in [2.45, 2.75) is 19.8 Å². The topological polar surface area (TPSA) is 72.0 Å². The van der Waals surface area contributed by atoms with Gasteiger partial charge in [0.25, 0.3) is 0 Å². The summed E-state index contributed by atoms with van der Waals surface area (Å²) < 4.78 is 5.06. The lowest BCUT2D eigenvalue weighted by atomic mass is 10.2. The maximum Gasteiger partial charge on any atom is 0.227 e. The van der Waals surface area contributed by atoms with E-state index in [4.69, 9.17) is 9.63 Å². The van der Waals surface area contributed by atoms with Crippen LogP contribution in [0.1, 0.15) is 17.9 Å². The highest BCUT2D eigenvalue weighted by Crippen LogP contribution is 2.17. The molecule has 0 aromatic carbocycles. The molecule has 0 aliphatic heterocycles. The Bertz CT molecular complexity index is 468. The number of aryl methyl sites for hydroxylation is 2. The highest BCUT2D eigenvalue weighted by molar-refractivity contribution is 5.52. The molecule has 2 aromatic rings. The Balaban J connectivity index is 2.22. The van der Waals surface area contributed by atoms with Gasteiger partial charge >= 0.3 is 0 Å². The van der Waals surface area contributed by atoms with Crippen LogP contribution in [0.4, 0.5) is 0 Å². The summed E-state index contributed by atoms with van der Waals surface area (Å²) in [6, 6.07) is 3.82. The predicted octanol–water partition coefficient (Wildman–Crippen LogP) is 1.36. The number of pyridine rings is 1. The number of aromatic nitrogens is 3. The zero-order valence-electron chi connectivity index (χ0n) is 9.05. The zero-order chi connectivity index (χ0) is 11.4. The molecule has 2 rings (SSSR count). The quantitative estimate of drug-likeness (QED) is 0.840. The summed E-state index contributed by atoms with van der Waals surface area (Å²) in [7, 11) is 0. The monoisotopic (exact) mass is 219 g/mol. The number of rotatable bonds is 4. The fraction of sp³-hybridized carbons (Fsp3) is 0.364. The molecule has 0 aliphatic rings. The molecule has 2 aromatic heterocycles. The molecule has 0 saturated carbocycles. The van der Waals surface area contributed by atoms with Crippen molar-refractivity contribution in [1.82, 2.24) is 15.1 Å². The Labute approximate surface area is 93.1 Å². The molecule has 16 heavy (non-hydrogen) atoms. The van der Waals surface area contributed by atoms with Gasteiger partial charge in [-0.3, -0.25) is 4.98 Å². The molecule has 0 fully saturated rings. The summed E-state index contributed by atoms with van der Waals surface area (Å²) in [6.45, 7) is 2.08. The van der Waals surface area contributed by atoms with Crippen LogP contribution in [0.3, 0.4) is 0 Å².